The van der Waals surface area contributed by atoms with Gasteiger partial charge in [-0.25, -0.2) is 0 Å². The maximum absolute atomic E-state index is 5.95. The molecule has 28 heavy (non-hydrogen) atoms. The van der Waals surface area contributed by atoms with E-state index in [1.165, 1.54) is 0 Å². The zero-order chi connectivity index (χ0) is 19.5. The molecule has 0 unspecified atom stereocenters. The fourth-order valence-corrected chi connectivity index (χ4v) is 3.80. The number of methoxy groups -OCH3 is 2. The van der Waals surface area contributed by atoms with E-state index in [1.54, 1.807) is 14.2 Å². The zero-order valence-corrected chi connectivity index (χ0v) is 16.6. The normalized spacial score (nSPS) is 17.0. The van der Waals surface area contributed by atoms with Crippen LogP contribution >= 0.6 is 11.6 Å². The minimum atomic E-state index is 0.242. The van der Waals surface area contributed by atoms with Crippen molar-refractivity contribution < 1.29 is 14.0 Å². The Balaban J connectivity index is 1.53. The summed E-state index contributed by atoms with van der Waals surface area (Å²) in [6, 6.07) is 13.6. The Bertz CT molecular complexity index is 942. The molecule has 4 rings (SSSR count). The second kappa shape index (κ2) is 8.20. The highest BCUT2D eigenvalue weighted by molar-refractivity contribution is 6.30. The summed E-state index contributed by atoms with van der Waals surface area (Å²) in [6.45, 7) is 1.57. The number of nitrogens with zero attached hydrogens (tertiary/aromatic N) is 3. The molecule has 1 atom stereocenters. The first-order valence-corrected chi connectivity index (χ1v) is 9.60. The summed E-state index contributed by atoms with van der Waals surface area (Å²) in [5.74, 6) is 2.80. The Morgan fingerprint density at radius 2 is 1.96 bits per heavy atom. The minimum absolute atomic E-state index is 0.242. The highest BCUT2D eigenvalue weighted by Gasteiger charge is 2.30. The number of halogens is 1. The van der Waals surface area contributed by atoms with Crippen LogP contribution in [-0.4, -0.2) is 35.8 Å². The van der Waals surface area contributed by atoms with Crippen molar-refractivity contribution in [1.29, 1.82) is 0 Å². The van der Waals surface area contributed by atoms with Crippen LogP contribution in [0.2, 0.25) is 5.02 Å². The second-order valence-electron chi connectivity index (χ2n) is 6.75. The third kappa shape index (κ3) is 3.84. The summed E-state index contributed by atoms with van der Waals surface area (Å²) in [5, 5.41) is 4.80. The van der Waals surface area contributed by atoms with E-state index in [-0.39, 0.29) is 6.04 Å². The van der Waals surface area contributed by atoms with Gasteiger partial charge in [-0.1, -0.05) is 22.8 Å². The molecule has 1 aliphatic rings. The van der Waals surface area contributed by atoms with Crippen LogP contribution in [0.3, 0.4) is 0 Å². The molecule has 0 bridgehead atoms. The molecule has 1 aromatic heterocycles. The van der Waals surface area contributed by atoms with Gasteiger partial charge in [-0.05, 0) is 49.7 Å². The van der Waals surface area contributed by atoms with Gasteiger partial charge in [-0.2, -0.15) is 4.98 Å². The molecule has 6 nitrogen and oxygen atoms in total. The predicted molar refractivity (Wildman–Crippen MR) is 107 cm³/mol. The maximum atomic E-state index is 5.95. The summed E-state index contributed by atoms with van der Waals surface area (Å²) < 4.78 is 16.4. The average molecular weight is 400 g/mol. The number of benzene rings is 2. The number of hydrogen-bond donors (Lipinski definition) is 0. The fraction of sp³-hybridized carbons (Fsp3) is 0.333. The van der Waals surface area contributed by atoms with Gasteiger partial charge in [-0.15, -0.1) is 0 Å². The second-order valence-corrected chi connectivity index (χ2v) is 7.19. The lowest BCUT2D eigenvalue weighted by Gasteiger charge is -2.25. The van der Waals surface area contributed by atoms with Crippen LogP contribution in [-0.2, 0) is 6.54 Å². The van der Waals surface area contributed by atoms with Crippen molar-refractivity contribution >= 4 is 11.6 Å². The standard InChI is InChI=1S/C21H22ClN3O3/c1-26-16-9-10-17(19(12-16)27-2)18-4-3-11-25(18)13-20-23-21(24-28-20)14-5-7-15(22)8-6-14/h5-10,12,18H,3-4,11,13H2,1-2H3/t18-/m0/s1. The molecule has 0 N–H and O–H groups in total. The lowest BCUT2D eigenvalue weighted by molar-refractivity contribution is 0.209. The van der Waals surface area contributed by atoms with E-state index >= 15 is 0 Å². The van der Waals surface area contributed by atoms with E-state index in [0.29, 0.717) is 23.3 Å². The summed E-state index contributed by atoms with van der Waals surface area (Å²) in [6.07, 6.45) is 2.17. The van der Waals surface area contributed by atoms with Crippen molar-refractivity contribution in [1.82, 2.24) is 15.0 Å². The monoisotopic (exact) mass is 399 g/mol. The SMILES string of the molecule is COc1ccc([C@@H]2CCCN2Cc2nc(-c3ccc(Cl)cc3)no2)c(OC)c1. The first kappa shape index (κ1) is 18.8. The summed E-state index contributed by atoms with van der Waals surface area (Å²) in [5.41, 5.74) is 2.03. The number of aromatic nitrogens is 2. The van der Waals surface area contributed by atoms with E-state index in [4.69, 9.17) is 25.6 Å². The summed E-state index contributed by atoms with van der Waals surface area (Å²) in [7, 11) is 3.35. The quantitative estimate of drug-likeness (QED) is 0.596. The van der Waals surface area contributed by atoms with E-state index < -0.39 is 0 Å². The predicted octanol–water partition coefficient (Wildman–Crippen LogP) is 4.74. The van der Waals surface area contributed by atoms with Crippen LogP contribution in [0, 0.1) is 0 Å². The molecule has 0 radical (unpaired) electrons. The van der Waals surface area contributed by atoms with E-state index in [9.17, 15) is 0 Å². The van der Waals surface area contributed by atoms with Gasteiger partial charge in [0.25, 0.3) is 0 Å². The molecule has 2 heterocycles. The largest absolute Gasteiger partial charge is 0.497 e. The van der Waals surface area contributed by atoms with Crippen molar-refractivity contribution in [3.8, 4) is 22.9 Å². The summed E-state index contributed by atoms with van der Waals surface area (Å²) in [4.78, 5) is 6.91. The maximum Gasteiger partial charge on any atom is 0.241 e. The lowest BCUT2D eigenvalue weighted by Crippen LogP contribution is -2.23. The van der Waals surface area contributed by atoms with Crippen molar-refractivity contribution in [3.63, 3.8) is 0 Å². The number of rotatable bonds is 6. The van der Waals surface area contributed by atoms with Gasteiger partial charge in [0.2, 0.25) is 11.7 Å². The Morgan fingerprint density at radius 3 is 2.71 bits per heavy atom. The molecule has 7 heteroatoms. The van der Waals surface area contributed by atoms with Gasteiger partial charge in [0.15, 0.2) is 0 Å². The van der Waals surface area contributed by atoms with Crippen molar-refractivity contribution in [2.75, 3.05) is 20.8 Å². The number of hydrogen-bond acceptors (Lipinski definition) is 6. The molecule has 3 aromatic rings. The first-order valence-electron chi connectivity index (χ1n) is 9.22. The van der Waals surface area contributed by atoms with E-state index in [0.717, 1.165) is 42.0 Å². The minimum Gasteiger partial charge on any atom is -0.497 e. The Hall–Kier alpha value is -2.57. The molecule has 1 saturated heterocycles. The number of likely N-dealkylation sites (tertiary alicyclic amines) is 1. The average Bonchev–Trinajstić information content (AvgIpc) is 3.38. The molecule has 0 aliphatic carbocycles. The first-order chi connectivity index (χ1) is 13.7. The highest BCUT2D eigenvalue weighted by Crippen LogP contribution is 2.39. The Morgan fingerprint density at radius 1 is 1.14 bits per heavy atom. The molecule has 146 valence electrons. The van der Waals surface area contributed by atoms with Gasteiger partial charge in [0.1, 0.15) is 11.5 Å². The molecule has 0 spiro atoms. The van der Waals surface area contributed by atoms with Crippen LogP contribution < -0.4 is 9.47 Å². The van der Waals surface area contributed by atoms with Gasteiger partial charge in [0.05, 0.1) is 20.8 Å². The van der Waals surface area contributed by atoms with Gasteiger partial charge < -0.3 is 14.0 Å². The third-order valence-electron chi connectivity index (χ3n) is 5.07. The van der Waals surface area contributed by atoms with Crippen molar-refractivity contribution in [3.05, 3.63) is 58.9 Å². The molecular weight excluding hydrogens is 378 g/mol. The molecule has 0 saturated carbocycles. The molecule has 2 aromatic carbocycles. The third-order valence-corrected chi connectivity index (χ3v) is 5.32. The van der Waals surface area contributed by atoms with E-state index in [2.05, 4.69) is 21.1 Å². The van der Waals surface area contributed by atoms with Gasteiger partial charge in [0, 0.05) is 28.3 Å². The van der Waals surface area contributed by atoms with Crippen LogP contribution in [0.4, 0.5) is 0 Å². The van der Waals surface area contributed by atoms with Crippen LogP contribution in [0.25, 0.3) is 11.4 Å². The number of ether oxygens (including phenoxy) is 2. The van der Waals surface area contributed by atoms with Crippen LogP contribution in [0.15, 0.2) is 47.0 Å². The Labute approximate surface area is 169 Å². The zero-order valence-electron chi connectivity index (χ0n) is 15.9. The highest BCUT2D eigenvalue weighted by atomic mass is 35.5. The smallest absolute Gasteiger partial charge is 0.241 e. The van der Waals surface area contributed by atoms with Crippen LogP contribution in [0.1, 0.15) is 30.3 Å². The van der Waals surface area contributed by atoms with Crippen molar-refractivity contribution in [2.45, 2.75) is 25.4 Å². The molecule has 0 amide bonds. The fourth-order valence-electron chi connectivity index (χ4n) is 3.67. The van der Waals surface area contributed by atoms with Gasteiger partial charge in [-0.3, -0.25) is 4.90 Å². The van der Waals surface area contributed by atoms with E-state index in [1.807, 2.05) is 36.4 Å². The molecule has 1 fully saturated rings. The molecular formula is C21H22ClN3O3. The Kier molecular flexibility index (Phi) is 5.50. The summed E-state index contributed by atoms with van der Waals surface area (Å²) >= 11 is 5.95. The molecule has 1 aliphatic heterocycles. The van der Waals surface area contributed by atoms with Gasteiger partial charge >= 0.3 is 0 Å². The van der Waals surface area contributed by atoms with Crippen LogP contribution in [0.5, 0.6) is 11.5 Å². The van der Waals surface area contributed by atoms with Crippen molar-refractivity contribution in [2.24, 2.45) is 0 Å². The topological polar surface area (TPSA) is 60.6 Å². The lowest BCUT2D eigenvalue weighted by atomic mass is 10.0.